The molecule has 1 rings (SSSR count). The van der Waals surface area contributed by atoms with Gasteiger partial charge in [0.15, 0.2) is 8.32 Å². The van der Waals surface area contributed by atoms with Crippen LogP contribution < -0.4 is 0 Å². The summed E-state index contributed by atoms with van der Waals surface area (Å²) in [5.41, 5.74) is 0. The number of aliphatic hydroxyl groups excluding tert-OH is 1. The minimum absolute atomic E-state index is 0.0142. The maximum atomic E-state index is 12.8. The Hall–Kier alpha value is -0.623. The molecule has 1 aromatic rings. The predicted octanol–water partition coefficient (Wildman–Crippen LogP) is 4.71. The van der Waals surface area contributed by atoms with E-state index in [0.29, 0.717) is 0 Å². The van der Waals surface area contributed by atoms with Gasteiger partial charge in [-0.05, 0) is 47.9 Å². The standard InChI is InChI=1S/C18H30O3SSi/c1-13(2)15(19)16(21-23(6,7)18(3,4)5)17(20)22-14-11-9-8-10-12-14/h8-13,15-16,19H,1-7H3/t15-,16-/m1/s1. The summed E-state index contributed by atoms with van der Waals surface area (Å²) < 4.78 is 6.28. The summed E-state index contributed by atoms with van der Waals surface area (Å²) in [5, 5.41) is 10.4. The molecule has 0 aromatic heterocycles. The molecule has 0 saturated carbocycles. The van der Waals surface area contributed by atoms with Gasteiger partial charge in [-0.1, -0.05) is 52.8 Å². The second-order valence-corrected chi connectivity index (χ2v) is 13.6. The lowest BCUT2D eigenvalue weighted by atomic mass is 10.0. The molecule has 0 aliphatic heterocycles. The van der Waals surface area contributed by atoms with E-state index < -0.39 is 20.5 Å². The van der Waals surface area contributed by atoms with Crippen LogP contribution in [-0.2, 0) is 9.22 Å². The van der Waals surface area contributed by atoms with Crippen LogP contribution in [0.3, 0.4) is 0 Å². The average molecular weight is 355 g/mol. The van der Waals surface area contributed by atoms with Gasteiger partial charge >= 0.3 is 0 Å². The first-order chi connectivity index (χ1) is 10.5. The molecule has 0 aliphatic rings. The fourth-order valence-electron chi connectivity index (χ4n) is 1.76. The summed E-state index contributed by atoms with van der Waals surface area (Å²) in [6.45, 7) is 14.4. The fraction of sp³-hybridized carbons (Fsp3) is 0.611. The first-order valence-corrected chi connectivity index (χ1v) is 11.8. The SMILES string of the molecule is CC(C)[C@@H](O)[C@@H](O[Si](C)(C)C(C)(C)C)C(=O)Sc1ccccc1. The minimum Gasteiger partial charge on any atom is -0.404 e. The summed E-state index contributed by atoms with van der Waals surface area (Å²) in [6, 6.07) is 9.51. The van der Waals surface area contributed by atoms with Crippen molar-refractivity contribution in [3.05, 3.63) is 30.3 Å². The smallest absolute Gasteiger partial charge is 0.223 e. The molecule has 2 atom stereocenters. The Labute approximate surface area is 146 Å². The highest BCUT2D eigenvalue weighted by molar-refractivity contribution is 8.13. The van der Waals surface area contributed by atoms with E-state index in [2.05, 4.69) is 33.9 Å². The van der Waals surface area contributed by atoms with Gasteiger partial charge in [-0.15, -0.1) is 0 Å². The summed E-state index contributed by atoms with van der Waals surface area (Å²) in [6.07, 6.45) is -1.59. The van der Waals surface area contributed by atoms with E-state index in [4.69, 9.17) is 4.43 Å². The number of thioether (sulfide) groups is 1. The number of aliphatic hydroxyl groups is 1. The number of rotatable bonds is 6. The highest BCUT2D eigenvalue weighted by atomic mass is 32.2. The molecule has 0 fully saturated rings. The van der Waals surface area contributed by atoms with Gasteiger partial charge in [-0.2, -0.15) is 0 Å². The zero-order valence-corrected chi connectivity index (χ0v) is 17.1. The zero-order chi connectivity index (χ0) is 17.8. The predicted molar refractivity (Wildman–Crippen MR) is 100 cm³/mol. The topological polar surface area (TPSA) is 46.5 Å². The van der Waals surface area contributed by atoms with E-state index in [1.165, 1.54) is 0 Å². The molecule has 0 aliphatic carbocycles. The molecule has 0 spiro atoms. The fourth-order valence-corrected chi connectivity index (χ4v) is 3.91. The van der Waals surface area contributed by atoms with Gasteiger partial charge in [-0.25, -0.2) is 0 Å². The molecule has 23 heavy (non-hydrogen) atoms. The van der Waals surface area contributed by atoms with E-state index in [0.717, 1.165) is 16.7 Å². The summed E-state index contributed by atoms with van der Waals surface area (Å²) in [4.78, 5) is 13.6. The lowest BCUT2D eigenvalue weighted by molar-refractivity contribution is -0.124. The van der Waals surface area contributed by atoms with Gasteiger partial charge in [0.1, 0.15) is 6.10 Å². The van der Waals surface area contributed by atoms with Gasteiger partial charge in [0.2, 0.25) is 5.12 Å². The largest absolute Gasteiger partial charge is 0.404 e. The molecule has 1 aromatic carbocycles. The normalized spacial score (nSPS) is 15.5. The molecule has 0 radical (unpaired) electrons. The molecule has 130 valence electrons. The highest BCUT2D eigenvalue weighted by Crippen LogP contribution is 2.39. The third-order valence-electron chi connectivity index (χ3n) is 4.41. The van der Waals surface area contributed by atoms with Crippen molar-refractivity contribution >= 4 is 25.2 Å². The lowest BCUT2D eigenvalue weighted by Crippen LogP contribution is -2.50. The Morgan fingerprint density at radius 3 is 2.13 bits per heavy atom. The van der Waals surface area contributed by atoms with E-state index in [9.17, 15) is 9.90 Å². The van der Waals surface area contributed by atoms with E-state index in [1.807, 2.05) is 44.2 Å². The highest BCUT2D eigenvalue weighted by Gasteiger charge is 2.43. The number of carbonyl (C=O) groups excluding carboxylic acids is 1. The van der Waals surface area contributed by atoms with Crippen molar-refractivity contribution in [2.24, 2.45) is 5.92 Å². The van der Waals surface area contributed by atoms with Crippen LogP contribution in [0, 0.1) is 5.92 Å². The van der Waals surface area contributed by atoms with Crippen molar-refractivity contribution in [1.82, 2.24) is 0 Å². The molecule has 1 N–H and O–H groups in total. The monoisotopic (exact) mass is 354 g/mol. The Bertz CT molecular complexity index is 509. The van der Waals surface area contributed by atoms with Crippen LogP contribution in [-0.4, -0.2) is 30.7 Å². The second kappa shape index (κ2) is 7.97. The molecular formula is C18H30O3SSi. The molecule has 0 amide bonds. The first-order valence-electron chi connectivity index (χ1n) is 8.08. The number of hydrogen-bond acceptors (Lipinski definition) is 4. The molecular weight excluding hydrogens is 324 g/mol. The maximum absolute atomic E-state index is 12.8. The van der Waals surface area contributed by atoms with Crippen LogP contribution >= 0.6 is 11.8 Å². The van der Waals surface area contributed by atoms with E-state index in [-0.39, 0.29) is 16.1 Å². The zero-order valence-electron chi connectivity index (χ0n) is 15.3. The van der Waals surface area contributed by atoms with E-state index >= 15 is 0 Å². The van der Waals surface area contributed by atoms with Gasteiger partial charge < -0.3 is 9.53 Å². The van der Waals surface area contributed by atoms with Crippen molar-refractivity contribution in [3.63, 3.8) is 0 Å². The Kier molecular flexibility index (Phi) is 7.07. The first kappa shape index (κ1) is 20.4. The van der Waals surface area contributed by atoms with Crippen LogP contribution in [0.15, 0.2) is 35.2 Å². The third-order valence-corrected chi connectivity index (χ3v) is 9.81. The van der Waals surface area contributed by atoms with Crippen molar-refractivity contribution in [2.75, 3.05) is 0 Å². The van der Waals surface area contributed by atoms with E-state index in [1.54, 1.807) is 0 Å². The number of hydrogen-bond donors (Lipinski definition) is 1. The molecule has 0 bridgehead atoms. The van der Waals surface area contributed by atoms with Crippen LogP contribution in [0.4, 0.5) is 0 Å². The van der Waals surface area contributed by atoms with Gasteiger partial charge in [0.25, 0.3) is 0 Å². The third kappa shape index (κ3) is 5.75. The summed E-state index contributed by atoms with van der Waals surface area (Å²) >= 11 is 1.15. The number of carbonyl (C=O) groups is 1. The average Bonchev–Trinajstić information content (AvgIpc) is 2.43. The Morgan fingerprint density at radius 2 is 1.70 bits per heavy atom. The summed E-state index contributed by atoms with van der Waals surface area (Å²) in [5.74, 6) is -0.0370. The molecule has 0 saturated heterocycles. The minimum atomic E-state index is -2.15. The molecule has 5 heteroatoms. The van der Waals surface area contributed by atoms with Crippen LogP contribution in [0.25, 0.3) is 0 Å². The van der Waals surface area contributed by atoms with Crippen molar-refractivity contribution in [3.8, 4) is 0 Å². The Morgan fingerprint density at radius 1 is 1.17 bits per heavy atom. The number of benzene rings is 1. The molecule has 0 heterocycles. The molecule has 3 nitrogen and oxygen atoms in total. The second-order valence-electron chi connectivity index (χ2n) is 7.77. The van der Waals surface area contributed by atoms with Crippen LogP contribution in [0.2, 0.25) is 18.1 Å². The van der Waals surface area contributed by atoms with Crippen LogP contribution in [0.1, 0.15) is 34.6 Å². The van der Waals surface area contributed by atoms with Gasteiger partial charge in [0, 0.05) is 4.90 Å². The lowest BCUT2D eigenvalue weighted by Gasteiger charge is -2.40. The van der Waals surface area contributed by atoms with Crippen molar-refractivity contribution in [1.29, 1.82) is 0 Å². The van der Waals surface area contributed by atoms with Crippen LogP contribution in [0.5, 0.6) is 0 Å². The van der Waals surface area contributed by atoms with Crippen molar-refractivity contribution in [2.45, 2.75) is 69.9 Å². The van der Waals surface area contributed by atoms with Crippen molar-refractivity contribution < 1.29 is 14.3 Å². The maximum Gasteiger partial charge on any atom is 0.223 e. The van der Waals surface area contributed by atoms with Gasteiger partial charge in [0.05, 0.1) is 6.10 Å². The Balaban J connectivity index is 2.99. The quantitative estimate of drug-likeness (QED) is 0.593. The molecule has 0 unspecified atom stereocenters. The summed E-state index contributed by atoms with van der Waals surface area (Å²) in [7, 11) is -2.15. The van der Waals surface area contributed by atoms with Gasteiger partial charge in [-0.3, -0.25) is 4.79 Å².